The molecule has 1 heterocycles. The van der Waals surface area contributed by atoms with Gasteiger partial charge >= 0.3 is 0 Å². The van der Waals surface area contributed by atoms with Crippen molar-refractivity contribution >= 4 is 22.7 Å². The van der Waals surface area contributed by atoms with Gasteiger partial charge < -0.3 is 20.4 Å². The molecular weight excluding hydrogens is 330 g/mol. The summed E-state index contributed by atoms with van der Waals surface area (Å²) in [6, 6.07) is 17.1. The molecule has 0 saturated heterocycles. The summed E-state index contributed by atoms with van der Waals surface area (Å²) < 4.78 is 5.32. The fourth-order valence-electron chi connectivity index (χ4n) is 2.63. The van der Waals surface area contributed by atoms with E-state index in [1.165, 1.54) is 0 Å². The molecule has 0 aliphatic carbocycles. The van der Waals surface area contributed by atoms with Gasteiger partial charge in [0.1, 0.15) is 5.75 Å². The molecule has 1 aromatic heterocycles. The maximum Gasteiger partial charge on any atom is 0.258 e. The monoisotopic (exact) mass is 351 g/mol. The lowest BCUT2D eigenvalue weighted by atomic mass is 10.1. The number of fused-ring (bicyclic) bond motifs is 1. The summed E-state index contributed by atoms with van der Waals surface area (Å²) in [5.74, 6) is 0.0596. The van der Waals surface area contributed by atoms with E-state index in [0.29, 0.717) is 12.3 Å². The molecule has 3 aromatic rings. The number of ether oxygens (including phenoxy) is 1. The molecule has 0 fully saturated rings. The topological polar surface area (TPSA) is 83.2 Å². The molecule has 0 atom stereocenters. The van der Waals surface area contributed by atoms with E-state index in [9.17, 15) is 9.59 Å². The lowest BCUT2D eigenvalue weighted by molar-refractivity contribution is -0.127. The van der Waals surface area contributed by atoms with E-state index in [2.05, 4.69) is 21.7 Å². The maximum absolute atomic E-state index is 11.8. The molecule has 2 amide bonds. The fourth-order valence-corrected chi connectivity index (χ4v) is 2.63. The summed E-state index contributed by atoms with van der Waals surface area (Å²) in [5.41, 5.74) is 2.24. The van der Waals surface area contributed by atoms with Gasteiger partial charge in [0.25, 0.3) is 5.91 Å². The Morgan fingerprint density at radius 2 is 1.69 bits per heavy atom. The molecule has 0 unspecified atom stereocenters. The van der Waals surface area contributed by atoms with Crippen LogP contribution < -0.4 is 15.4 Å². The lowest BCUT2D eigenvalue weighted by Crippen LogP contribution is -2.39. The quantitative estimate of drug-likeness (QED) is 0.581. The molecule has 0 saturated carbocycles. The highest BCUT2D eigenvalue weighted by atomic mass is 16.5. The van der Waals surface area contributed by atoms with E-state index >= 15 is 0 Å². The summed E-state index contributed by atoms with van der Waals surface area (Å²) >= 11 is 0. The van der Waals surface area contributed by atoms with Gasteiger partial charge in [-0.1, -0.05) is 36.4 Å². The highest BCUT2D eigenvalue weighted by Crippen LogP contribution is 2.17. The van der Waals surface area contributed by atoms with Gasteiger partial charge in [0.2, 0.25) is 5.91 Å². The van der Waals surface area contributed by atoms with Crippen molar-refractivity contribution in [3.05, 3.63) is 66.4 Å². The first kappa shape index (κ1) is 17.5. The van der Waals surface area contributed by atoms with E-state index in [4.69, 9.17) is 4.74 Å². The molecule has 6 heteroatoms. The smallest absolute Gasteiger partial charge is 0.258 e. The van der Waals surface area contributed by atoms with E-state index < -0.39 is 0 Å². The number of amides is 2. The number of para-hydroxylation sites is 2. The average Bonchev–Trinajstić information content (AvgIpc) is 3.09. The van der Waals surface area contributed by atoms with Gasteiger partial charge in [-0.25, -0.2) is 0 Å². The summed E-state index contributed by atoms with van der Waals surface area (Å²) in [4.78, 5) is 26.8. The number of nitrogens with one attached hydrogen (secondary N) is 3. The number of rotatable bonds is 8. The number of carbonyl (C=O) groups is 2. The predicted octanol–water partition coefficient (Wildman–Crippen LogP) is 2.02. The van der Waals surface area contributed by atoms with E-state index in [0.717, 1.165) is 22.9 Å². The third kappa shape index (κ3) is 4.86. The highest BCUT2D eigenvalue weighted by Gasteiger charge is 2.07. The Morgan fingerprint density at radius 1 is 0.923 bits per heavy atom. The highest BCUT2D eigenvalue weighted by molar-refractivity contribution is 5.85. The van der Waals surface area contributed by atoms with Gasteiger partial charge in [-0.2, -0.15) is 0 Å². The zero-order valence-corrected chi connectivity index (χ0v) is 14.3. The van der Waals surface area contributed by atoms with Crippen molar-refractivity contribution in [1.29, 1.82) is 0 Å². The minimum absolute atomic E-state index is 0.0646. The minimum atomic E-state index is -0.333. The number of benzene rings is 2. The second kappa shape index (κ2) is 8.71. The van der Waals surface area contributed by atoms with E-state index in [1.54, 1.807) is 12.1 Å². The number of aromatic amines is 1. The number of hydrogen-bond donors (Lipinski definition) is 3. The summed E-state index contributed by atoms with van der Waals surface area (Å²) in [6.45, 7) is 0.328. The Bertz CT molecular complexity index is 874. The first-order chi connectivity index (χ1) is 12.7. The molecule has 0 radical (unpaired) electrons. The summed E-state index contributed by atoms with van der Waals surface area (Å²) in [6.07, 6.45) is 2.68. The van der Waals surface area contributed by atoms with Gasteiger partial charge in [0, 0.05) is 23.6 Å². The normalized spacial score (nSPS) is 10.5. The third-order valence-electron chi connectivity index (χ3n) is 3.95. The summed E-state index contributed by atoms with van der Waals surface area (Å²) in [7, 11) is 0. The van der Waals surface area contributed by atoms with Crippen molar-refractivity contribution in [2.24, 2.45) is 0 Å². The third-order valence-corrected chi connectivity index (χ3v) is 3.95. The van der Waals surface area contributed by atoms with E-state index in [-0.39, 0.29) is 25.0 Å². The van der Waals surface area contributed by atoms with Crippen LogP contribution in [0, 0.1) is 0 Å². The van der Waals surface area contributed by atoms with Crippen molar-refractivity contribution in [2.45, 2.75) is 6.42 Å². The largest absolute Gasteiger partial charge is 0.484 e. The van der Waals surface area contributed by atoms with Crippen molar-refractivity contribution in [2.75, 3.05) is 19.7 Å². The van der Waals surface area contributed by atoms with Crippen LogP contribution in [0.5, 0.6) is 5.75 Å². The van der Waals surface area contributed by atoms with Gasteiger partial charge in [0.15, 0.2) is 6.61 Å². The maximum atomic E-state index is 11.8. The Kier molecular flexibility index (Phi) is 5.88. The molecule has 0 aliphatic rings. The number of carbonyl (C=O) groups excluding carboxylic acids is 2. The Labute approximate surface area is 151 Å². The first-order valence-corrected chi connectivity index (χ1v) is 8.48. The van der Waals surface area contributed by atoms with Gasteiger partial charge in [-0.15, -0.1) is 0 Å². The second-order valence-corrected chi connectivity index (χ2v) is 5.84. The average molecular weight is 351 g/mol. The van der Waals surface area contributed by atoms with Gasteiger partial charge in [-0.3, -0.25) is 9.59 Å². The van der Waals surface area contributed by atoms with Gasteiger partial charge in [0.05, 0.1) is 6.54 Å². The van der Waals surface area contributed by atoms with Crippen molar-refractivity contribution in [1.82, 2.24) is 15.6 Å². The molecule has 0 aliphatic heterocycles. The van der Waals surface area contributed by atoms with Crippen molar-refractivity contribution < 1.29 is 14.3 Å². The van der Waals surface area contributed by atoms with E-state index in [1.807, 2.05) is 42.6 Å². The SMILES string of the molecule is O=C(CNC(=O)COc1ccccc1)NCCc1c[nH]c2ccccc12. The standard InChI is InChI=1S/C20H21N3O3/c24-19(13-23-20(25)14-26-16-6-2-1-3-7-16)21-11-10-15-12-22-18-9-5-4-8-17(15)18/h1-9,12,22H,10-11,13-14H2,(H,21,24)(H,23,25). The zero-order valence-electron chi connectivity index (χ0n) is 14.3. The molecule has 134 valence electrons. The second-order valence-electron chi connectivity index (χ2n) is 5.84. The van der Waals surface area contributed by atoms with Crippen LogP contribution in [0.2, 0.25) is 0 Å². The number of H-pyrrole nitrogens is 1. The lowest BCUT2D eigenvalue weighted by Gasteiger charge is -2.08. The van der Waals surface area contributed by atoms with Gasteiger partial charge in [-0.05, 0) is 30.2 Å². The van der Waals surface area contributed by atoms with Crippen LogP contribution in [0.15, 0.2) is 60.8 Å². The number of hydrogen-bond acceptors (Lipinski definition) is 3. The van der Waals surface area contributed by atoms with Crippen molar-refractivity contribution in [3.63, 3.8) is 0 Å². The van der Waals surface area contributed by atoms with Crippen LogP contribution in [0.4, 0.5) is 0 Å². The number of aromatic nitrogens is 1. The molecular formula is C20H21N3O3. The van der Waals surface area contributed by atoms with Crippen LogP contribution in [0.1, 0.15) is 5.56 Å². The van der Waals surface area contributed by atoms with Crippen LogP contribution in [-0.2, 0) is 16.0 Å². The van der Waals surface area contributed by atoms with Crippen LogP contribution in [-0.4, -0.2) is 36.5 Å². The Morgan fingerprint density at radius 3 is 2.54 bits per heavy atom. The molecule has 3 N–H and O–H groups in total. The summed E-state index contributed by atoms with van der Waals surface area (Å²) in [5, 5.41) is 6.51. The molecule has 26 heavy (non-hydrogen) atoms. The van der Waals surface area contributed by atoms with Crippen molar-refractivity contribution in [3.8, 4) is 5.75 Å². The molecule has 3 rings (SSSR count). The molecule has 6 nitrogen and oxygen atoms in total. The fraction of sp³-hybridized carbons (Fsp3) is 0.200. The van der Waals surface area contributed by atoms with Crippen LogP contribution >= 0.6 is 0 Å². The Balaban J connectivity index is 1.34. The first-order valence-electron chi connectivity index (χ1n) is 8.48. The molecule has 2 aromatic carbocycles. The minimum Gasteiger partial charge on any atom is -0.484 e. The molecule has 0 spiro atoms. The van der Waals surface area contributed by atoms with Crippen LogP contribution in [0.3, 0.4) is 0 Å². The zero-order chi connectivity index (χ0) is 18.2. The Hall–Kier alpha value is -3.28. The predicted molar refractivity (Wildman–Crippen MR) is 100.0 cm³/mol. The molecule has 0 bridgehead atoms. The van der Waals surface area contributed by atoms with Crippen LogP contribution in [0.25, 0.3) is 10.9 Å².